The molecule has 0 spiro atoms. The van der Waals surface area contributed by atoms with Crippen molar-refractivity contribution < 1.29 is 9.13 Å². The summed E-state index contributed by atoms with van der Waals surface area (Å²) in [7, 11) is 0. The van der Waals surface area contributed by atoms with Gasteiger partial charge in [0.15, 0.2) is 5.17 Å². The first-order valence-corrected chi connectivity index (χ1v) is 9.50. The highest BCUT2D eigenvalue weighted by Gasteiger charge is 2.05. The van der Waals surface area contributed by atoms with Gasteiger partial charge in [-0.25, -0.2) is 4.39 Å². The summed E-state index contributed by atoms with van der Waals surface area (Å²) >= 11 is 1.42. The highest BCUT2D eigenvalue weighted by molar-refractivity contribution is 8.13. The van der Waals surface area contributed by atoms with Crippen LogP contribution in [0.1, 0.15) is 37.0 Å². The molecule has 0 bridgehead atoms. The van der Waals surface area contributed by atoms with E-state index in [0.717, 1.165) is 23.3 Å². The first-order chi connectivity index (χ1) is 12.6. The van der Waals surface area contributed by atoms with Gasteiger partial charge in [-0.1, -0.05) is 55.1 Å². The number of ether oxygens (including phenoxy) is 1. The Labute approximate surface area is 158 Å². The molecule has 1 unspecified atom stereocenters. The second kappa shape index (κ2) is 10.7. The number of amidine groups is 1. The van der Waals surface area contributed by atoms with Gasteiger partial charge in [-0.3, -0.25) is 0 Å². The van der Waals surface area contributed by atoms with E-state index in [9.17, 15) is 4.39 Å². The summed E-state index contributed by atoms with van der Waals surface area (Å²) in [5.74, 6) is 0.433. The molecule has 0 aliphatic heterocycles. The second-order valence-corrected chi connectivity index (χ2v) is 6.83. The Kier molecular flexibility index (Phi) is 8.31. The largest absolute Gasteiger partial charge is 0.377 e. The van der Waals surface area contributed by atoms with Crippen LogP contribution in [0.15, 0.2) is 58.7 Å². The van der Waals surface area contributed by atoms with Crippen molar-refractivity contribution in [2.45, 2.75) is 38.7 Å². The highest BCUT2D eigenvalue weighted by atomic mass is 32.2. The minimum Gasteiger partial charge on any atom is -0.377 e. The Balaban J connectivity index is 1.97. The van der Waals surface area contributed by atoms with Crippen LogP contribution in [-0.2, 0) is 17.1 Å². The Morgan fingerprint density at radius 3 is 2.77 bits per heavy atom. The molecule has 2 N–H and O–H groups in total. The fourth-order valence-corrected chi connectivity index (χ4v) is 2.70. The molecule has 1 atom stereocenters. The van der Waals surface area contributed by atoms with E-state index in [1.165, 1.54) is 29.5 Å². The van der Waals surface area contributed by atoms with Crippen LogP contribution in [0.4, 0.5) is 4.39 Å². The van der Waals surface area contributed by atoms with E-state index in [1.807, 2.05) is 44.2 Å². The second-order valence-electron chi connectivity index (χ2n) is 5.83. The lowest BCUT2D eigenvalue weighted by atomic mass is 10.1. The van der Waals surface area contributed by atoms with Crippen molar-refractivity contribution in [1.29, 1.82) is 0 Å². The molecule has 6 heteroatoms. The third-order valence-electron chi connectivity index (χ3n) is 3.79. The Hall–Kier alpha value is -2.18. The standard InChI is InChI=1S/C20H24FN3OS/c1-3-15(2)25-13-18-11-19(21)10-9-17(18)12-23-24-20(22)26-14-16-7-5-4-6-8-16/h4-12,15H,3,13-14H2,1-2H3,(H2,22,24). The van der Waals surface area contributed by atoms with Crippen molar-refractivity contribution in [2.75, 3.05) is 0 Å². The van der Waals surface area contributed by atoms with Gasteiger partial charge in [-0.15, -0.1) is 5.10 Å². The van der Waals surface area contributed by atoms with Crippen molar-refractivity contribution in [3.8, 4) is 0 Å². The molecule has 0 saturated carbocycles. The Morgan fingerprint density at radius 2 is 2.04 bits per heavy atom. The van der Waals surface area contributed by atoms with Crippen LogP contribution in [0.25, 0.3) is 0 Å². The molecule has 0 radical (unpaired) electrons. The molecule has 4 nitrogen and oxygen atoms in total. The smallest absolute Gasteiger partial charge is 0.180 e. The lowest BCUT2D eigenvalue weighted by molar-refractivity contribution is 0.0506. The highest BCUT2D eigenvalue weighted by Crippen LogP contribution is 2.14. The summed E-state index contributed by atoms with van der Waals surface area (Å²) < 4.78 is 19.2. The number of thioether (sulfide) groups is 1. The number of hydrogen-bond acceptors (Lipinski definition) is 4. The van der Waals surface area contributed by atoms with Gasteiger partial charge < -0.3 is 10.5 Å². The number of benzene rings is 2. The predicted molar refractivity (Wildman–Crippen MR) is 108 cm³/mol. The van der Waals surface area contributed by atoms with Gasteiger partial charge in [-0.2, -0.15) is 5.10 Å². The Bertz CT molecular complexity index is 750. The molecule has 0 saturated heterocycles. The maximum absolute atomic E-state index is 13.5. The molecule has 138 valence electrons. The molecule has 0 amide bonds. The van der Waals surface area contributed by atoms with Gasteiger partial charge in [0.2, 0.25) is 0 Å². The molecule has 2 rings (SSSR count). The van der Waals surface area contributed by atoms with Crippen molar-refractivity contribution in [2.24, 2.45) is 15.9 Å². The quantitative estimate of drug-likeness (QED) is 0.414. The summed E-state index contributed by atoms with van der Waals surface area (Å²) in [4.78, 5) is 0. The van der Waals surface area contributed by atoms with Crippen LogP contribution in [0.2, 0.25) is 0 Å². The lowest BCUT2D eigenvalue weighted by Crippen LogP contribution is -2.08. The summed E-state index contributed by atoms with van der Waals surface area (Å²) in [6.45, 7) is 4.36. The topological polar surface area (TPSA) is 60.0 Å². The van der Waals surface area contributed by atoms with Crippen molar-refractivity contribution in [3.63, 3.8) is 0 Å². The number of halogens is 1. The van der Waals surface area contributed by atoms with E-state index in [-0.39, 0.29) is 11.9 Å². The molecular weight excluding hydrogens is 349 g/mol. The lowest BCUT2D eigenvalue weighted by Gasteiger charge is -2.12. The average molecular weight is 373 g/mol. The van der Waals surface area contributed by atoms with Gasteiger partial charge in [-0.05, 0) is 36.6 Å². The summed E-state index contributed by atoms with van der Waals surface area (Å²) in [5, 5.41) is 8.41. The maximum atomic E-state index is 13.5. The minimum atomic E-state index is -0.300. The molecule has 0 aliphatic rings. The molecule has 2 aromatic rings. The molecule has 0 heterocycles. The Morgan fingerprint density at radius 1 is 1.27 bits per heavy atom. The maximum Gasteiger partial charge on any atom is 0.180 e. The number of nitrogens with zero attached hydrogens (tertiary/aromatic N) is 2. The summed E-state index contributed by atoms with van der Waals surface area (Å²) in [5.41, 5.74) is 8.55. The first-order valence-electron chi connectivity index (χ1n) is 8.51. The first kappa shape index (κ1) is 20.1. The SMILES string of the molecule is CCC(C)OCc1cc(F)ccc1C=NN=C(N)SCc1ccccc1. The fourth-order valence-electron chi connectivity index (χ4n) is 2.08. The van der Waals surface area contributed by atoms with Crippen molar-refractivity contribution in [3.05, 3.63) is 71.0 Å². The van der Waals surface area contributed by atoms with Crippen LogP contribution in [0, 0.1) is 5.82 Å². The average Bonchev–Trinajstić information content (AvgIpc) is 2.66. The third-order valence-corrected chi connectivity index (χ3v) is 4.64. The number of hydrogen-bond donors (Lipinski definition) is 1. The normalized spacial score (nSPS) is 13.3. The third kappa shape index (κ3) is 6.98. The van der Waals surface area contributed by atoms with E-state index in [0.29, 0.717) is 11.8 Å². The van der Waals surface area contributed by atoms with Gasteiger partial charge in [0, 0.05) is 11.3 Å². The van der Waals surface area contributed by atoms with Crippen LogP contribution >= 0.6 is 11.8 Å². The van der Waals surface area contributed by atoms with Gasteiger partial charge in [0.1, 0.15) is 5.82 Å². The van der Waals surface area contributed by atoms with E-state index in [4.69, 9.17) is 10.5 Å². The zero-order valence-electron chi connectivity index (χ0n) is 15.1. The number of nitrogens with two attached hydrogens (primary N) is 1. The zero-order valence-corrected chi connectivity index (χ0v) is 15.9. The van der Waals surface area contributed by atoms with Crippen molar-refractivity contribution >= 4 is 23.1 Å². The van der Waals surface area contributed by atoms with E-state index >= 15 is 0 Å². The number of rotatable bonds is 8. The van der Waals surface area contributed by atoms with Crippen LogP contribution in [0.5, 0.6) is 0 Å². The molecular formula is C20H24FN3OS. The van der Waals surface area contributed by atoms with Crippen LogP contribution in [0.3, 0.4) is 0 Å². The zero-order chi connectivity index (χ0) is 18.8. The van der Waals surface area contributed by atoms with Crippen molar-refractivity contribution in [1.82, 2.24) is 0 Å². The fraction of sp³-hybridized carbons (Fsp3) is 0.300. The molecule has 0 aromatic heterocycles. The molecule has 2 aromatic carbocycles. The van der Waals surface area contributed by atoms with E-state index < -0.39 is 0 Å². The van der Waals surface area contributed by atoms with Crippen LogP contribution < -0.4 is 5.73 Å². The molecule has 0 aliphatic carbocycles. The van der Waals surface area contributed by atoms with Gasteiger partial charge in [0.25, 0.3) is 0 Å². The summed E-state index contributed by atoms with van der Waals surface area (Å²) in [6.07, 6.45) is 2.59. The summed E-state index contributed by atoms with van der Waals surface area (Å²) in [6, 6.07) is 14.5. The van der Waals surface area contributed by atoms with Gasteiger partial charge >= 0.3 is 0 Å². The van der Waals surface area contributed by atoms with E-state index in [1.54, 1.807) is 12.3 Å². The van der Waals surface area contributed by atoms with Crippen LogP contribution in [-0.4, -0.2) is 17.5 Å². The monoisotopic (exact) mass is 373 g/mol. The predicted octanol–water partition coefficient (Wildman–Crippen LogP) is 4.72. The van der Waals surface area contributed by atoms with Gasteiger partial charge in [0.05, 0.1) is 18.9 Å². The molecule has 26 heavy (non-hydrogen) atoms. The van der Waals surface area contributed by atoms with E-state index in [2.05, 4.69) is 10.2 Å². The molecule has 0 fully saturated rings. The minimum absolute atomic E-state index is 0.117.